The highest BCUT2D eigenvalue weighted by Crippen LogP contribution is 2.18. The number of rotatable bonds is 5. The molecular weight excluding hydrogens is 216 g/mol. The van der Waals surface area contributed by atoms with E-state index in [1.807, 2.05) is 53.1 Å². The lowest BCUT2D eigenvalue weighted by atomic mass is 10.2. The van der Waals surface area contributed by atoms with Gasteiger partial charge in [-0.25, -0.2) is 0 Å². The van der Waals surface area contributed by atoms with Crippen LogP contribution in [-0.2, 0) is 0 Å². The van der Waals surface area contributed by atoms with Gasteiger partial charge in [0.25, 0.3) is 0 Å². The van der Waals surface area contributed by atoms with Gasteiger partial charge in [0.05, 0.1) is 0 Å². The Morgan fingerprint density at radius 1 is 1.18 bits per heavy atom. The quantitative estimate of drug-likeness (QED) is 0.787. The van der Waals surface area contributed by atoms with Gasteiger partial charge in [-0.1, -0.05) is 6.07 Å². The van der Waals surface area contributed by atoms with Crippen molar-refractivity contribution in [2.75, 3.05) is 27.2 Å². The Kier molecular flexibility index (Phi) is 4.75. The third-order valence-electron chi connectivity index (χ3n) is 1.90. The molecule has 1 heterocycles. The SMILES string of the molecule is CN(C)CCOc1cccc(OC(C)(C)C)n1. The molecule has 0 saturated heterocycles. The monoisotopic (exact) mass is 238 g/mol. The van der Waals surface area contributed by atoms with Crippen molar-refractivity contribution in [3.63, 3.8) is 0 Å². The maximum atomic E-state index is 5.67. The van der Waals surface area contributed by atoms with Crippen LogP contribution in [0.5, 0.6) is 11.8 Å². The summed E-state index contributed by atoms with van der Waals surface area (Å²) in [4.78, 5) is 6.36. The standard InChI is InChI=1S/C13H22N2O2/c1-13(2,3)17-12-8-6-7-11(14-12)16-10-9-15(4)5/h6-8H,9-10H2,1-5H3. The Morgan fingerprint density at radius 3 is 2.41 bits per heavy atom. The number of nitrogens with zero attached hydrogens (tertiary/aromatic N) is 2. The first-order valence-electron chi connectivity index (χ1n) is 5.80. The van der Waals surface area contributed by atoms with Crippen LogP contribution in [0.2, 0.25) is 0 Å². The van der Waals surface area contributed by atoms with E-state index >= 15 is 0 Å². The minimum Gasteiger partial charge on any atom is -0.476 e. The molecule has 17 heavy (non-hydrogen) atoms. The van der Waals surface area contributed by atoms with E-state index in [0.29, 0.717) is 18.4 Å². The van der Waals surface area contributed by atoms with Crippen molar-refractivity contribution in [1.82, 2.24) is 9.88 Å². The van der Waals surface area contributed by atoms with Gasteiger partial charge in [0.15, 0.2) is 0 Å². The lowest BCUT2D eigenvalue weighted by Gasteiger charge is -2.20. The Bertz CT molecular complexity index is 346. The number of likely N-dealkylation sites (N-methyl/N-ethyl adjacent to an activating group) is 1. The molecular formula is C13H22N2O2. The number of ether oxygens (including phenoxy) is 2. The van der Waals surface area contributed by atoms with Gasteiger partial charge in [0, 0.05) is 18.7 Å². The molecule has 0 radical (unpaired) electrons. The zero-order valence-corrected chi connectivity index (χ0v) is 11.4. The smallest absolute Gasteiger partial charge is 0.217 e. The molecule has 1 aromatic rings. The Balaban J connectivity index is 2.54. The van der Waals surface area contributed by atoms with Gasteiger partial charge in [-0.15, -0.1) is 0 Å². The van der Waals surface area contributed by atoms with Crippen LogP contribution >= 0.6 is 0 Å². The minimum absolute atomic E-state index is 0.241. The molecule has 0 spiro atoms. The van der Waals surface area contributed by atoms with E-state index in [1.54, 1.807) is 0 Å². The summed E-state index contributed by atoms with van der Waals surface area (Å²) in [6.07, 6.45) is 0. The van der Waals surface area contributed by atoms with E-state index in [0.717, 1.165) is 6.54 Å². The highest BCUT2D eigenvalue weighted by atomic mass is 16.5. The molecule has 0 unspecified atom stereocenters. The summed E-state index contributed by atoms with van der Waals surface area (Å²) >= 11 is 0. The van der Waals surface area contributed by atoms with E-state index in [-0.39, 0.29) is 5.60 Å². The van der Waals surface area contributed by atoms with Crippen LogP contribution in [0.3, 0.4) is 0 Å². The van der Waals surface area contributed by atoms with Gasteiger partial charge in [0.2, 0.25) is 11.8 Å². The first kappa shape index (κ1) is 13.8. The molecule has 0 aliphatic rings. The van der Waals surface area contributed by atoms with Crippen molar-refractivity contribution < 1.29 is 9.47 Å². The van der Waals surface area contributed by atoms with Crippen molar-refractivity contribution >= 4 is 0 Å². The first-order valence-corrected chi connectivity index (χ1v) is 5.80. The number of pyridine rings is 1. The third-order valence-corrected chi connectivity index (χ3v) is 1.90. The summed E-state index contributed by atoms with van der Waals surface area (Å²) in [7, 11) is 4.02. The zero-order chi connectivity index (χ0) is 12.9. The average Bonchev–Trinajstić information content (AvgIpc) is 2.14. The molecule has 1 rings (SSSR count). The summed E-state index contributed by atoms with van der Waals surface area (Å²) in [6, 6.07) is 5.56. The van der Waals surface area contributed by atoms with E-state index in [9.17, 15) is 0 Å². The number of hydrogen-bond acceptors (Lipinski definition) is 4. The maximum Gasteiger partial charge on any atom is 0.217 e. The second-order valence-electron chi connectivity index (χ2n) is 5.18. The fraction of sp³-hybridized carbons (Fsp3) is 0.615. The molecule has 1 aromatic heterocycles. The van der Waals surface area contributed by atoms with Crippen molar-refractivity contribution in [2.24, 2.45) is 0 Å². The van der Waals surface area contributed by atoms with Crippen LogP contribution in [-0.4, -0.2) is 42.7 Å². The van der Waals surface area contributed by atoms with E-state index in [1.165, 1.54) is 0 Å². The van der Waals surface area contributed by atoms with Crippen LogP contribution in [0.15, 0.2) is 18.2 Å². The largest absolute Gasteiger partial charge is 0.476 e. The number of aromatic nitrogens is 1. The molecule has 0 saturated carbocycles. The molecule has 4 nitrogen and oxygen atoms in total. The van der Waals surface area contributed by atoms with E-state index < -0.39 is 0 Å². The van der Waals surface area contributed by atoms with Crippen LogP contribution in [0.1, 0.15) is 20.8 Å². The van der Waals surface area contributed by atoms with Gasteiger partial charge >= 0.3 is 0 Å². The maximum absolute atomic E-state index is 5.67. The highest BCUT2D eigenvalue weighted by molar-refractivity contribution is 5.20. The lowest BCUT2D eigenvalue weighted by Crippen LogP contribution is -2.23. The van der Waals surface area contributed by atoms with E-state index in [2.05, 4.69) is 9.88 Å². The Labute approximate surface area is 104 Å². The second kappa shape index (κ2) is 5.87. The third kappa shape index (κ3) is 6.12. The van der Waals surface area contributed by atoms with Crippen LogP contribution < -0.4 is 9.47 Å². The molecule has 0 N–H and O–H groups in total. The fourth-order valence-corrected chi connectivity index (χ4v) is 1.18. The molecule has 0 bridgehead atoms. The average molecular weight is 238 g/mol. The predicted molar refractivity (Wildman–Crippen MR) is 68.7 cm³/mol. The van der Waals surface area contributed by atoms with Crippen LogP contribution in [0.4, 0.5) is 0 Å². The Hall–Kier alpha value is -1.29. The predicted octanol–water partition coefficient (Wildman–Crippen LogP) is 2.20. The Morgan fingerprint density at radius 2 is 1.82 bits per heavy atom. The molecule has 0 amide bonds. The molecule has 0 aromatic carbocycles. The first-order chi connectivity index (χ1) is 7.87. The number of hydrogen-bond donors (Lipinski definition) is 0. The lowest BCUT2D eigenvalue weighted by molar-refractivity contribution is 0.122. The van der Waals surface area contributed by atoms with Gasteiger partial charge in [-0.3, -0.25) is 0 Å². The van der Waals surface area contributed by atoms with Crippen molar-refractivity contribution in [3.05, 3.63) is 18.2 Å². The highest BCUT2D eigenvalue weighted by Gasteiger charge is 2.12. The normalized spacial score (nSPS) is 11.6. The van der Waals surface area contributed by atoms with Gasteiger partial charge in [-0.2, -0.15) is 4.98 Å². The summed E-state index contributed by atoms with van der Waals surface area (Å²) in [5.74, 6) is 1.20. The minimum atomic E-state index is -0.241. The topological polar surface area (TPSA) is 34.6 Å². The molecule has 0 aliphatic heterocycles. The molecule has 96 valence electrons. The van der Waals surface area contributed by atoms with Crippen LogP contribution in [0.25, 0.3) is 0 Å². The zero-order valence-electron chi connectivity index (χ0n) is 11.4. The molecule has 4 heteroatoms. The van der Waals surface area contributed by atoms with Gasteiger partial charge < -0.3 is 14.4 Å². The fourth-order valence-electron chi connectivity index (χ4n) is 1.18. The summed E-state index contributed by atoms with van der Waals surface area (Å²) < 4.78 is 11.2. The second-order valence-corrected chi connectivity index (χ2v) is 5.18. The summed E-state index contributed by atoms with van der Waals surface area (Å²) in [6.45, 7) is 7.47. The molecule has 0 aliphatic carbocycles. The summed E-state index contributed by atoms with van der Waals surface area (Å²) in [5, 5.41) is 0. The van der Waals surface area contributed by atoms with Crippen molar-refractivity contribution in [2.45, 2.75) is 26.4 Å². The van der Waals surface area contributed by atoms with E-state index in [4.69, 9.17) is 9.47 Å². The van der Waals surface area contributed by atoms with Crippen molar-refractivity contribution in [1.29, 1.82) is 0 Å². The van der Waals surface area contributed by atoms with Gasteiger partial charge in [-0.05, 0) is 34.9 Å². The summed E-state index contributed by atoms with van der Waals surface area (Å²) in [5.41, 5.74) is -0.241. The molecule has 0 fully saturated rings. The van der Waals surface area contributed by atoms with Gasteiger partial charge in [0.1, 0.15) is 12.2 Å². The van der Waals surface area contributed by atoms with Crippen molar-refractivity contribution in [3.8, 4) is 11.8 Å². The molecule has 0 atom stereocenters. The van der Waals surface area contributed by atoms with Crippen LogP contribution in [0, 0.1) is 0 Å².